The van der Waals surface area contributed by atoms with Crippen molar-refractivity contribution in [3.63, 3.8) is 0 Å². The Hall–Kier alpha value is -1.99. The molecule has 0 atom stereocenters. The van der Waals surface area contributed by atoms with Gasteiger partial charge in [0, 0.05) is 24.9 Å². The van der Waals surface area contributed by atoms with Gasteiger partial charge in [-0.1, -0.05) is 6.07 Å². The van der Waals surface area contributed by atoms with Crippen molar-refractivity contribution < 1.29 is 17.6 Å². The first-order valence-electron chi connectivity index (χ1n) is 5.56. The molecule has 0 radical (unpaired) electrons. The molecule has 0 bridgehead atoms. The predicted octanol–water partition coefficient (Wildman–Crippen LogP) is 1.01. The Bertz CT molecular complexity index is 649. The molecule has 0 saturated carbocycles. The van der Waals surface area contributed by atoms with Crippen molar-refractivity contribution in [1.82, 2.24) is 9.71 Å². The van der Waals surface area contributed by atoms with E-state index in [1.165, 1.54) is 12.1 Å². The van der Waals surface area contributed by atoms with Gasteiger partial charge in [-0.05, 0) is 24.3 Å². The summed E-state index contributed by atoms with van der Waals surface area (Å²) in [7, 11) is -3.72. The van der Waals surface area contributed by atoms with E-state index in [1.54, 1.807) is 12.3 Å². The van der Waals surface area contributed by atoms with Gasteiger partial charge >= 0.3 is 0 Å². The van der Waals surface area contributed by atoms with Crippen molar-refractivity contribution in [1.29, 1.82) is 0 Å². The summed E-state index contributed by atoms with van der Waals surface area (Å²) in [4.78, 5) is 14.5. The second-order valence-corrected chi connectivity index (χ2v) is 5.44. The lowest BCUT2D eigenvalue weighted by Gasteiger charge is -2.03. The molecule has 2 aromatic rings. The van der Waals surface area contributed by atoms with Gasteiger partial charge in [-0.3, -0.25) is 9.78 Å². The number of rotatable bonds is 6. The molecule has 0 spiro atoms. The van der Waals surface area contributed by atoms with Crippen molar-refractivity contribution in [2.75, 3.05) is 6.54 Å². The fraction of sp³-hybridized carbons (Fsp3) is 0.167. The minimum absolute atomic E-state index is 0.0231. The third-order valence-electron chi connectivity index (χ3n) is 2.38. The van der Waals surface area contributed by atoms with Gasteiger partial charge in [-0.15, -0.1) is 0 Å². The van der Waals surface area contributed by atoms with E-state index in [-0.39, 0.29) is 17.4 Å². The molecule has 0 aromatic carbocycles. The van der Waals surface area contributed by atoms with Crippen LogP contribution < -0.4 is 4.72 Å². The third-order valence-corrected chi connectivity index (χ3v) is 3.72. The molecule has 2 rings (SSSR count). The van der Waals surface area contributed by atoms with Crippen LogP contribution in [0.25, 0.3) is 0 Å². The van der Waals surface area contributed by atoms with E-state index < -0.39 is 10.0 Å². The molecule has 0 fully saturated rings. The van der Waals surface area contributed by atoms with Gasteiger partial charge in [0.1, 0.15) is 0 Å². The van der Waals surface area contributed by atoms with Crippen molar-refractivity contribution >= 4 is 16.3 Å². The van der Waals surface area contributed by atoms with Crippen molar-refractivity contribution in [3.8, 4) is 0 Å². The summed E-state index contributed by atoms with van der Waals surface area (Å²) in [5, 5.41) is -0.268. The molecule has 100 valence electrons. The number of carbonyl (C=O) groups is 1. The van der Waals surface area contributed by atoms with Crippen LogP contribution in [0.4, 0.5) is 0 Å². The molecule has 0 aliphatic heterocycles. The maximum Gasteiger partial charge on any atom is 0.273 e. The Morgan fingerprint density at radius 1 is 1.26 bits per heavy atom. The highest BCUT2D eigenvalue weighted by Gasteiger charge is 2.18. The predicted molar refractivity (Wildman–Crippen MR) is 67.2 cm³/mol. The molecular weight excluding hydrogens is 268 g/mol. The van der Waals surface area contributed by atoms with Crippen LogP contribution in [-0.2, 0) is 16.4 Å². The van der Waals surface area contributed by atoms with Crippen LogP contribution in [0.3, 0.4) is 0 Å². The molecule has 0 aliphatic rings. The number of hydrogen-bond acceptors (Lipinski definition) is 5. The van der Waals surface area contributed by atoms with Crippen LogP contribution in [0.2, 0.25) is 0 Å². The fourth-order valence-electron chi connectivity index (χ4n) is 1.47. The summed E-state index contributed by atoms with van der Waals surface area (Å²) in [6.45, 7) is 0.205. The quantitative estimate of drug-likeness (QED) is 0.798. The Balaban J connectivity index is 1.96. The highest BCUT2D eigenvalue weighted by Crippen LogP contribution is 2.12. The lowest BCUT2D eigenvalue weighted by molar-refractivity contribution is 0.109. The summed E-state index contributed by atoms with van der Waals surface area (Å²) in [6.07, 6.45) is 2.57. The molecule has 0 saturated heterocycles. The van der Waals surface area contributed by atoms with Crippen LogP contribution in [0, 0.1) is 0 Å². The van der Waals surface area contributed by atoms with E-state index in [9.17, 15) is 13.2 Å². The van der Waals surface area contributed by atoms with Crippen LogP contribution in [0.1, 0.15) is 16.2 Å². The highest BCUT2D eigenvalue weighted by molar-refractivity contribution is 7.89. The monoisotopic (exact) mass is 280 g/mol. The summed E-state index contributed by atoms with van der Waals surface area (Å²) in [5.41, 5.74) is 0.790. The number of hydrogen-bond donors (Lipinski definition) is 1. The molecule has 1 N–H and O–H groups in total. The van der Waals surface area contributed by atoms with Crippen LogP contribution in [0.5, 0.6) is 0 Å². The van der Waals surface area contributed by atoms with Crippen LogP contribution in [0.15, 0.2) is 46.0 Å². The highest BCUT2D eigenvalue weighted by atomic mass is 32.2. The number of aldehydes is 1. The lowest BCUT2D eigenvalue weighted by Crippen LogP contribution is -2.25. The number of nitrogens with zero attached hydrogens (tertiary/aromatic N) is 1. The zero-order valence-corrected chi connectivity index (χ0v) is 10.8. The van der Waals surface area contributed by atoms with Gasteiger partial charge in [0.15, 0.2) is 12.0 Å². The first-order chi connectivity index (χ1) is 9.12. The van der Waals surface area contributed by atoms with Gasteiger partial charge in [-0.25, -0.2) is 13.1 Å². The van der Waals surface area contributed by atoms with E-state index in [2.05, 4.69) is 9.71 Å². The Morgan fingerprint density at radius 3 is 2.74 bits per heavy atom. The van der Waals surface area contributed by atoms with Gasteiger partial charge in [0.05, 0.1) is 0 Å². The average molecular weight is 280 g/mol. The van der Waals surface area contributed by atoms with Gasteiger partial charge in [-0.2, -0.15) is 0 Å². The van der Waals surface area contributed by atoms with E-state index in [0.717, 1.165) is 5.69 Å². The van der Waals surface area contributed by atoms with Crippen molar-refractivity contribution in [3.05, 3.63) is 48.0 Å². The molecule has 2 heterocycles. The SMILES string of the molecule is O=Cc1ccc(S(=O)(=O)NCCc2ccccn2)o1. The minimum Gasteiger partial charge on any atom is -0.440 e. The maximum atomic E-state index is 11.8. The van der Waals surface area contributed by atoms with E-state index in [0.29, 0.717) is 12.7 Å². The third kappa shape index (κ3) is 3.49. The fourth-order valence-corrected chi connectivity index (χ4v) is 2.44. The normalized spacial score (nSPS) is 11.4. The molecule has 7 heteroatoms. The second-order valence-electron chi connectivity index (χ2n) is 3.74. The number of pyridine rings is 1. The summed E-state index contributed by atoms with van der Waals surface area (Å²) < 4.78 is 30.9. The lowest BCUT2D eigenvalue weighted by atomic mass is 10.3. The number of furan rings is 1. The standard InChI is InChI=1S/C12H12N2O4S/c15-9-11-4-5-12(18-11)19(16,17)14-8-6-10-3-1-2-7-13-10/h1-5,7,9,14H,6,8H2. The van der Waals surface area contributed by atoms with Gasteiger partial charge < -0.3 is 4.42 Å². The van der Waals surface area contributed by atoms with Crippen LogP contribution in [-0.4, -0.2) is 26.2 Å². The largest absolute Gasteiger partial charge is 0.440 e. The molecule has 0 aliphatic carbocycles. The summed E-state index contributed by atoms with van der Waals surface area (Å²) in [5.74, 6) is -0.0231. The Morgan fingerprint density at radius 2 is 2.11 bits per heavy atom. The molecular formula is C12H12N2O4S. The van der Waals surface area contributed by atoms with Crippen molar-refractivity contribution in [2.45, 2.75) is 11.5 Å². The number of carbonyl (C=O) groups excluding carboxylic acids is 1. The van der Waals surface area contributed by atoms with Crippen LogP contribution >= 0.6 is 0 Å². The van der Waals surface area contributed by atoms with Gasteiger partial charge in [0.25, 0.3) is 10.0 Å². The number of sulfonamides is 1. The topological polar surface area (TPSA) is 89.3 Å². The summed E-state index contributed by atoms with van der Waals surface area (Å²) >= 11 is 0. The van der Waals surface area contributed by atoms with E-state index in [4.69, 9.17) is 4.42 Å². The minimum atomic E-state index is -3.72. The summed E-state index contributed by atoms with van der Waals surface area (Å²) in [6, 6.07) is 7.98. The first kappa shape index (κ1) is 13.4. The molecule has 19 heavy (non-hydrogen) atoms. The van der Waals surface area contributed by atoms with Gasteiger partial charge in [0.2, 0.25) is 5.09 Å². The Labute approximate surface area is 110 Å². The average Bonchev–Trinajstić information content (AvgIpc) is 2.89. The second kappa shape index (κ2) is 5.77. The number of nitrogens with one attached hydrogen (secondary N) is 1. The van der Waals surface area contributed by atoms with Crippen molar-refractivity contribution in [2.24, 2.45) is 0 Å². The molecule has 0 unspecified atom stereocenters. The molecule has 6 nitrogen and oxygen atoms in total. The molecule has 2 aromatic heterocycles. The van der Waals surface area contributed by atoms with E-state index in [1.807, 2.05) is 12.1 Å². The number of aromatic nitrogens is 1. The molecule has 0 amide bonds. The first-order valence-corrected chi connectivity index (χ1v) is 7.05. The maximum absolute atomic E-state index is 11.8. The zero-order chi connectivity index (χ0) is 13.7. The zero-order valence-electron chi connectivity index (χ0n) is 9.94. The smallest absolute Gasteiger partial charge is 0.273 e. The van der Waals surface area contributed by atoms with E-state index >= 15 is 0 Å². The Kier molecular flexibility index (Phi) is 4.08.